The highest BCUT2D eigenvalue weighted by Gasteiger charge is 2.11. The Hall–Kier alpha value is -2.38. The third-order valence-corrected chi connectivity index (χ3v) is 4.80. The molecule has 3 rings (SSSR count). The lowest BCUT2D eigenvalue weighted by atomic mass is 10.1. The molecule has 140 valence electrons. The van der Waals surface area contributed by atoms with Gasteiger partial charge in [0, 0.05) is 6.20 Å². The number of benzene rings is 2. The number of thiocarbonyl (C=S) groups is 1. The van der Waals surface area contributed by atoms with Crippen LogP contribution in [0.3, 0.4) is 0 Å². The number of nitrogens with one attached hydrogen (secondary N) is 2. The smallest absolute Gasteiger partial charge is 0.176 e. The quantitative estimate of drug-likeness (QED) is 0.534. The van der Waals surface area contributed by atoms with Gasteiger partial charge in [-0.15, -0.1) is 0 Å². The van der Waals surface area contributed by atoms with E-state index in [1.165, 1.54) is 11.1 Å². The molecular formula is C20H21BrN4OS. The SMILES string of the molecule is COc1ccc(C)cc1NC(=S)Nc1nn(Cc2ccc(C)cc2)cc1Br. The molecule has 0 aliphatic rings. The zero-order valence-electron chi connectivity index (χ0n) is 15.4. The first kappa shape index (κ1) is 19.4. The van der Waals surface area contributed by atoms with Crippen LogP contribution in [0.25, 0.3) is 0 Å². The number of rotatable bonds is 5. The van der Waals surface area contributed by atoms with Crippen LogP contribution in [0.15, 0.2) is 53.1 Å². The molecule has 0 spiro atoms. The summed E-state index contributed by atoms with van der Waals surface area (Å²) in [7, 11) is 1.63. The number of hydrogen-bond donors (Lipinski definition) is 2. The number of hydrogen-bond acceptors (Lipinski definition) is 3. The largest absolute Gasteiger partial charge is 0.495 e. The summed E-state index contributed by atoms with van der Waals surface area (Å²) in [5.41, 5.74) is 4.35. The zero-order valence-corrected chi connectivity index (χ0v) is 17.8. The molecule has 0 unspecified atom stereocenters. The summed E-state index contributed by atoms with van der Waals surface area (Å²) in [5.74, 6) is 1.39. The maximum atomic E-state index is 5.43. The molecular weight excluding hydrogens is 424 g/mol. The molecule has 0 amide bonds. The Labute approximate surface area is 172 Å². The molecule has 7 heteroatoms. The van der Waals surface area contributed by atoms with Gasteiger partial charge in [-0.25, -0.2) is 0 Å². The monoisotopic (exact) mass is 444 g/mol. The molecule has 0 atom stereocenters. The number of methoxy groups -OCH3 is 1. The van der Waals surface area contributed by atoms with Gasteiger partial charge in [0.1, 0.15) is 5.75 Å². The van der Waals surface area contributed by atoms with Crippen molar-refractivity contribution in [1.82, 2.24) is 9.78 Å². The lowest BCUT2D eigenvalue weighted by molar-refractivity contribution is 0.417. The fraction of sp³-hybridized carbons (Fsp3) is 0.200. The van der Waals surface area contributed by atoms with E-state index >= 15 is 0 Å². The minimum atomic E-state index is 0.445. The van der Waals surface area contributed by atoms with Crippen LogP contribution in [-0.4, -0.2) is 22.0 Å². The predicted molar refractivity (Wildman–Crippen MR) is 118 cm³/mol. The van der Waals surface area contributed by atoms with Gasteiger partial charge in [-0.05, 0) is 65.3 Å². The zero-order chi connectivity index (χ0) is 19.4. The molecule has 5 nitrogen and oxygen atoms in total. The fourth-order valence-corrected chi connectivity index (χ4v) is 3.25. The van der Waals surface area contributed by atoms with Crippen molar-refractivity contribution in [2.75, 3.05) is 17.7 Å². The molecule has 0 fully saturated rings. The van der Waals surface area contributed by atoms with Gasteiger partial charge in [-0.3, -0.25) is 4.68 Å². The Balaban J connectivity index is 1.69. The molecule has 0 aliphatic heterocycles. The highest BCUT2D eigenvalue weighted by Crippen LogP contribution is 2.26. The molecule has 27 heavy (non-hydrogen) atoms. The average Bonchev–Trinajstić information content (AvgIpc) is 2.96. The lowest BCUT2D eigenvalue weighted by Crippen LogP contribution is -2.20. The number of ether oxygens (including phenoxy) is 1. The van der Waals surface area contributed by atoms with Crippen molar-refractivity contribution in [2.24, 2.45) is 0 Å². The van der Waals surface area contributed by atoms with Crippen LogP contribution in [0.2, 0.25) is 0 Å². The van der Waals surface area contributed by atoms with Gasteiger partial charge in [0.05, 0.1) is 23.8 Å². The minimum absolute atomic E-state index is 0.445. The molecule has 0 bridgehead atoms. The van der Waals surface area contributed by atoms with E-state index in [4.69, 9.17) is 17.0 Å². The normalized spacial score (nSPS) is 10.5. The van der Waals surface area contributed by atoms with Crippen LogP contribution in [0.5, 0.6) is 5.75 Å². The van der Waals surface area contributed by atoms with Gasteiger partial charge in [0.25, 0.3) is 0 Å². The Morgan fingerprint density at radius 2 is 1.81 bits per heavy atom. The van der Waals surface area contributed by atoms with Crippen molar-refractivity contribution in [3.05, 3.63) is 69.8 Å². The topological polar surface area (TPSA) is 51.1 Å². The molecule has 0 aliphatic carbocycles. The molecule has 1 heterocycles. The average molecular weight is 445 g/mol. The summed E-state index contributed by atoms with van der Waals surface area (Å²) in [4.78, 5) is 0. The van der Waals surface area contributed by atoms with Crippen LogP contribution in [0.4, 0.5) is 11.5 Å². The Morgan fingerprint density at radius 1 is 1.11 bits per heavy atom. The van der Waals surface area contributed by atoms with E-state index < -0.39 is 0 Å². The van der Waals surface area contributed by atoms with Crippen LogP contribution in [0.1, 0.15) is 16.7 Å². The summed E-state index contributed by atoms with van der Waals surface area (Å²) in [6.45, 7) is 4.78. The standard InChI is InChI=1S/C20H21BrN4OS/c1-13-4-7-15(8-5-13)11-25-12-16(21)19(24-25)23-20(27)22-17-10-14(2)6-9-18(17)26-3/h4-10,12H,11H2,1-3H3,(H2,22,23,24,27). The Kier molecular flexibility index (Phi) is 6.13. The van der Waals surface area contributed by atoms with E-state index in [1.54, 1.807) is 7.11 Å². The number of halogens is 1. The van der Waals surface area contributed by atoms with E-state index in [9.17, 15) is 0 Å². The number of aryl methyl sites for hydroxylation is 2. The van der Waals surface area contributed by atoms with E-state index in [-0.39, 0.29) is 0 Å². The highest BCUT2D eigenvalue weighted by atomic mass is 79.9. The summed E-state index contributed by atoms with van der Waals surface area (Å²) in [6, 6.07) is 14.3. The summed E-state index contributed by atoms with van der Waals surface area (Å²) < 4.78 is 8.09. The summed E-state index contributed by atoms with van der Waals surface area (Å²) in [5, 5.41) is 11.3. The van der Waals surface area contributed by atoms with E-state index in [1.807, 2.05) is 36.0 Å². The first-order valence-corrected chi connectivity index (χ1v) is 9.66. The maximum Gasteiger partial charge on any atom is 0.176 e. The minimum Gasteiger partial charge on any atom is -0.495 e. The van der Waals surface area contributed by atoms with Gasteiger partial charge in [0.15, 0.2) is 10.9 Å². The van der Waals surface area contributed by atoms with Gasteiger partial charge >= 0.3 is 0 Å². The molecule has 2 N–H and O–H groups in total. The van der Waals surface area contributed by atoms with Gasteiger partial charge < -0.3 is 15.4 Å². The van der Waals surface area contributed by atoms with Crippen LogP contribution >= 0.6 is 28.1 Å². The molecule has 0 saturated carbocycles. The third-order valence-electron chi connectivity index (χ3n) is 4.02. The van der Waals surface area contributed by atoms with E-state index in [0.29, 0.717) is 17.5 Å². The molecule has 1 aromatic heterocycles. The molecule has 3 aromatic rings. The third kappa shape index (κ3) is 5.08. The number of aromatic nitrogens is 2. The van der Waals surface area contributed by atoms with Crippen LogP contribution in [0, 0.1) is 13.8 Å². The van der Waals surface area contributed by atoms with Gasteiger partial charge in [0.2, 0.25) is 0 Å². The first-order chi connectivity index (χ1) is 12.9. The summed E-state index contributed by atoms with van der Waals surface area (Å²) in [6.07, 6.45) is 1.93. The van der Waals surface area contributed by atoms with Crippen LogP contribution in [-0.2, 0) is 6.54 Å². The second-order valence-corrected chi connectivity index (χ2v) is 7.55. The fourth-order valence-electron chi connectivity index (χ4n) is 2.62. The second-order valence-electron chi connectivity index (χ2n) is 6.29. The molecule has 0 saturated heterocycles. The number of anilines is 2. The lowest BCUT2D eigenvalue weighted by Gasteiger charge is -2.13. The Morgan fingerprint density at radius 3 is 2.52 bits per heavy atom. The van der Waals surface area contributed by atoms with Gasteiger partial charge in [-0.1, -0.05) is 35.9 Å². The van der Waals surface area contributed by atoms with Crippen molar-refractivity contribution in [1.29, 1.82) is 0 Å². The molecule has 2 aromatic carbocycles. The van der Waals surface area contributed by atoms with E-state index in [0.717, 1.165) is 21.5 Å². The van der Waals surface area contributed by atoms with Crippen LogP contribution < -0.4 is 15.4 Å². The predicted octanol–water partition coefficient (Wildman–Crippen LogP) is 5.13. The van der Waals surface area contributed by atoms with Crippen molar-refractivity contribution < 1.29 is 4.74 Å². The van der Waals surface area contributed by atoms with Gasteiger partial charge in [-0.2, -0.15) is 5.10 Å². The van der Waals surface area contributed by atoms with Crippen molar-refractivity contribution in [3.8, 4) is 5.75 Å². The van der Waals surface area contributed by atoms with Crippen molar-refractivity contribution >= 4 is 44.8 Å². The molecule has 0 radical (unpaired) electrons. The Bertz CT molecular complexity index is 953. The van der Waals surface area contributed by atoms with Crippen molar-refractivity contribution in [2.45, 2.75) is 20.4 Å². The second kappa shape index (κ2) is 8.54. The van der Waals surface area contributed by atoms with E-state index in [2.05, 4.69) is 62.9 Å². The highest BCUT2D eigenvalue weighted by molar-refractivity contribution is 9.10. The summed E-state index contributed by atoms with van der Waals surface area (Å²) >= 11 is 8.97. The maximum absolute atomic E-state index is 5.43. The number of nitrogens with zero attached hydrogens (tertiary/aromatic N) is 2. The van der Waals surface area contributed by atoms with Crippen molar-refractivity contribution in [3.63, 3.8) is 0 Å². The first-order valence-electron chi connectivity index (χ1n) is 8.46.